The molecule has 0 heterocycles. The van der Waals surface area contributed by atoms with Crippen LogP contribution in [0.3, 0.4) is 0 Å². The summed E-state index contributed by atoms with van der Waals surface area (Å²) in [5.41, 5.74) is 4.61. The zero-order chi connectivity index (χ0) is 15.1. The maximum absolute atomic E-state index is 11.4. The molecule has 0 atom stereocenters. The SMILES string of the molecule is CC(C)(C)OC(=O)NC1CC(CC(N)=O)C1.O=CO. The van der Waals surface area contributed by atoms with Crippen LogP contribution in [-0.4, -0.2) is 35.2 Å². The van der Waals surface area contributed by atoms with Crippen molar-refractivity contribution in [2.24, 2.45) is 11.7 Å². The van der Waals surface area contributed by atoms with Gasteiger partial charge in [-0.25, -0.2) is 4.79 Å². The van der Waals surface area contributed by atoms with E-state index in [0.717, 1.165) is 12.8 Å². The Morgan fingerprint density at radius 2 is 1.89 bits per heavy atom. The van der Waals surface area contributed by atoms with Crippen molar-refractivity contribution in [1.29, 1.82) is 0 Å². The van der Waals surface area contributed by atoms with E-state index in [0.29, 0.717) is 12.3 Å². The Labute approximate surface area is 112 Å². The molecule has 7 nitrogen and oxygen atoms in total. The van der Waals surface area contributed by atoms with Crippen molar-refractivity contribution in [3.63, 3.8) is 0 Å². The van der Waals surface area contributed by atoms with E-state index < -0.39 is 11.7 Å². The fourth-order valence-electron chi connectivity index (χ4n) is 1.78. The topological polar surface area (TPSA) is 119 Å². The Morgan fingerprint density at radius 3 is 2.26 bits per heavy atom. The average Bonchev–Trinajstić information content (AvgIpc) is 2.11. The van der Waals surface area contributed by atoms with Crippen molar-refractivity contribution in [1.82, 2.24) is 5.32 Å². The smallest absolute Gasteiger partial charge is 0.407 e. The van der Waals surface area contributed by atoms with Gasteiger partial charge in [0.1, 0.15) is 5.60 Å². The van der Waals surface area contributed by atoms with E-state index in [2.05, 4.69) is 5.32 Å². The molecule has 0 saturated heterocycles. The molecule has 2 amide bonds. The molecular formula is C12H22N2O5. The predicted molar refractivity (Wildman–Crippen MR) is 68.4 cm³/mol. The van der Waals surface area contributed by atoms with Gasteiger partial charge in [-0.1, -0.05) is 0 Å². The summed E-state index contributed by atoms with van der Waals surface area (Å²) in [5, 5.41) is 9.65. The van der Waals surface area contributed by atoms with Crippen LogP contribution in [0.2, 0.25) is 0 Å². The minimum absolute atomic E-state index is 0.124. The first kappa shape index (κ1) is 17.2. The third kappa shape index (κ3) is 8.87. The molecule has 7 heteroatoms. The molecule has 4 N–H and O–H groups in total. The van der Waals surface area contributed by atoms with Crippen LogP contribution in [0.15, 0.2) is 0 Å². The fourth-order valence-corrected chi connectivity index (χ4v) is 1.78. The van der Waals surface area contributed by atoms with E-state index in [1.165, 1.54) is 0 Å². The van der Waals surface area contributed by atoms with Gasteiger partial charge >= 0.3 is 6.09 Å². The van der Waals surface area contributed by atoms with Crippen LogP contribution in [-0.2, 0) is 14.3 Å². The number of nitrogens with one attached hydrogen (secondary N) is 1. The number of carboxylic acid groups (broad SMARTS) is 1. The highest BCUT2D eigenvalue weighted by Gasteiger charge is 2.32. The molecule has 110 valence electrons. The second-order valence-corrected chi connectivity index (χ2v) is 5.46. The lowest BCUT2D eigenvalue weighted by Gasteiger charge is -2.35. The van der Waals surface area contributed by atoms with E-state index in [9.17, 15) is 9.59 Å². The van der Waals surface area contributed by atoms with Crippen molar-refractivity contribution >= 4 is 18.5 Å². The highest BCUT2D eigenvalue weighted by Crippen LogP contribution is 2.30. The molecule has 19 heavy (non-hydrogen) atoms. The van der Waals surface area contributed by atoms with E-state index in [1.807, 2.05) is 20.8 Å². The number of ether oxygens (including phenoxy) is 1. The predicted octanol–water partition coefficient (Wildman–Crippen LogP) is 0.866. The number of carbonyl (C=O) groups excluding carboxylic acids is 2. The second-order valence-electron chi connectivity index (χ2n) is 5.46. The minimum Gasteiger partial charge on any atom is -0.483 e. The lowest BCUT2D eigenvalue weighted by Crippen LogP contribution is -2.46. The summed E-state index contributed by atoms with van der Waals surface area (Å²) in [5.74, 6) is 0.0400. The molecule has 0 spiro atoms. The lowest BCUT2D eigenvalue weighted by atomic mass is 9.78. The minimum atomic E-state index is -0.472. The summed E-state index contributed by atoms with van der Waals surface area (Å²) in [7, 11) is 0. The Kier molecular flexibility index (Phi) is 6.89. The number of nitrogens with two attached hydrogens (primary N) is 1. The standard InChI is InChI=1S/C11H20N2O3.CH2O2/c1-11(2,3)16-10(15)13-8-4-7(5-8)6-9(12)14;2-1-3/h7-8H,4-6H2,1-3H3,(H2,12,14)(H,13,15);1H,(H,2,3). The summed E-state index contributed by atoms with van der Waals surface area (Å²) < 4.78 is 5.12. The lowest BCUT2D eigenvalue weighted by molar-refractivity contribution is -0.123. The first-order valence-electron chi connectivity index (χ1n) is 6.03. The van der Waals surface area contributed by atoms with Gasteiger partial charge in [0.05, 0.1) is 0 Å². The summed E-state index contributed by atoms with van der Waals surface area (Å²) >= 11 is 0. The highest BCUT2D eigenvalue weighted by molar-refractivity contribution is 5.74. The van der Waals surface area contributed by atoms with Crippen molar-refractivity contribution in [2.45, 2.75) is 51.7 Å². The Balaban J connectivity index is 0.000000982. The van der Waals surface area contributed by atoms with Crippen LogP contribution in [0.25, 0.3) is 0 Å². The zero-order valence-electron chi connectivity index (χ0n) is 11.5. The summed E-state index contributed by atoms with van der Waals surface area (Å²) in [6, 6.07) is 0.124. The summed E-state index contributed by atoms with van der Waals surface area (Å²) in [6.45, 7) is 5.22. The molecule has 0 aromatic heterocycles. The third-order valence-electron chi connectivity index (χ3n) is 2.45. The number of hydrogen-bond acceptors (Lipinski definition) is 4. The van der Waals surface area contributed by atoms with Gasteiger partial charge in [0.2, 0.25) is 5.91 Å². The molecule has 1 aliphatic rings. The number of carbonyl (C=O) groups is 3. The Bertz CT molecular complexity index is 319. The van der Waals surface area contributed by atoms with Crippen LogP contribution in [0.5, 0.6) is 0 Å². The van der Waals surface area contributed by atoms with E-state index in [1.54, 1.807) is 0 Å². The molecule has 0 unspecified atom stereocenters. The second kappa shape index (κ2) is 7.60. The van der Waals surface area contributed by atoms with Crippen molar-refractivity contribution < 1.29 is 24.2 Å². The third-order valence-corrected chi connectivity index (χ3v) is 2.45. The van der Waals surface area contributed by atoms with Gasteiger partial charge in [0.25, 0.3) is 6.47 Å². The molecule has 1 aliphatic carbocycles. The van der Waals surface area contributed by atoms with Crippen LogP contribution >= 0.6 is 0 Å². The summed E-state index contributed by atoms with van der Waals surface area (Å²) in [6.07, 6.45) is 1.63. The summed E-state index contributed by atoms with van der Waals surface area (Å²) in [4.78, 5) is 30.4. The van der Waals surface area contributed by atoms with Gasteiger partial charge in [0.15, 0.2) is 0 Å². The van der Waals surface area contributed by atoms with Crippen LogP contribution in [0.1, 0.15) is 40.0 Å². The molecule has 1 fully saturated rings. The van der Waals surface area contributed by atoms with Crippen LogP contribution in [0, 0.1) is 5.92 Å². The van der Waals surface area contributed by atoms with E-state index >= 15 is 0 Å². The molecule has 0 aromatic rings. The van der Waals surface area contributed by atoms with Gasteiger partial charge in [0, 0.05) is 12.5 Å². The average molecular weight is 274 g/mol. The molecule has 0 bridgehead atoms. The molecule has 0 aliphatic heterocycles. The largest absolute Gasteiger partial charge is 0.483 e. The number of alkyl carbamates (subject to hydrolysis) is 1. The fraction of sp³-hybridized carbons (Fsp3) is 0.750. The number of hydrogen-bond donors (Lipinski definition) is 3. The number of primary amides is 1. The number of rotatable bonds is 3. The number of amides is 2. The van der Waals surface area contributed by atoms with Crippen molar-refractivity contribution in [3.8, 4) is 0 Å². The van der Waals surface area contributed by atoms with Crippen LogP contribution in [0.4, 0.5) is 4.79 Å². The van der Waals surface area contributed by atoms with Gasteiger partial charge in [-0.15, -0.1) is 0 Å². The maximum Gasteiger partial charge on any atom is 0.407 e. The monoisotopic (exact) mass is 274 g/mol. The molecule has 1 rings (SSSR count). The zero-order valence-corrected chi connectivity index (χ0v) is 11.5. The quantitative estimate of drug-likeness (QED) is 0.660. The van der Waals surface area contributed by atoms with E-state index in [-0.39, 0.29) is 18.4 Å². The molecular weight excluding hydrogens is 252 g/mol. The van der Waals surface area contributed by atoms with Crippen molar-refractivity contribution in [3.05, 3.63) is 0 Å². The molecule has 0 aromatic carbocycles. The Morgan fingerprint density at radius 1 is 1.42 bits per heavy atom. The maximum atomic E-state index is 11.4. The van der Waals surface area contributed by atoms with Gasteiger partial charge in [-0.3, -0.25) is 9.59 Å². The van der Waals surface area contributed by atoms with Gasteiger partial charge < -0.3 is 20.9 Å². The highest BCUT2D eigenvalue weighted by atomic mass is 16.6. The normalized spacial score (nSPS) is 21.2. The van der Waals surface area contributed by atoms with Crippen LogP contribution < -0.4 is 11.1 Å². The Hall–Kier alpha value is -1.79. The first-order valence-corrected chi connectivity index (χ1v) is 6.03. The van der Waals surface area contributed by atoms with Gasteiger partial charge in [-0.2, -0.15) is 0 Å². The molecule has 0 radical (unpaired) electrons. The van der Waals surface area contributed by atoms with Gasteiger partial charge in [-0.05, 0) is 39.5 Å². The first-order chi connectivity index (χ1) is 8.67. The van der Waals surface area contributed by atoms with E-state index in [4.69, 9.17) is 20.4 Å². The molecule has 1 saturated carbocycles. The van der Waals surface area contributed by atoms with Crippen molar-refractivity contribution in [2.75, 3.05) is 0 Å².